The Morgan fingerprint density at radius 2 is 1.95 bits per heavy atom. The molecule has 0 unspecified atom stereocenters. The highest BCUT2D eigenvalue weighted by atomic mass is 35.5. The number of hydrogen-bond acceptors (Lipinski definition) is 3. The number of ether oxygens (including phenoxy) is 1. The Morgan fingerprint density at radius 1 is 1.33 bits per heavy atom. The molecule has 1 rings (SSSR count). The minimum absolute atomic E-state index is 0.0332. The Kier molecular flexibility index (Phi) is 5.61. The number of amides is 2. The van der Waals surface area contributed by atoms with E-state index in [1.807, 2.05) is 20.8 Å². The van der Waals surface area contributed by atoms with Crippen molar-refractivity contribution in [1.29, 1.82) is 0 Å². The molecule has 0 aromatic heterocycles. The minimum Gasteiger partial charge on any atom is -0.495 e. The zero-order valence-corrected chi connectivity index (χ0v) is 13.7. The van der Waals surface area contributed by atoms with Crippen LogP contribution in [0.5, 0.6) is 5.75 Å². The molecule has 0 heterocycles. The topological polar surface area (TPSA) is 58.6 Å². The number of nitrogens with zero attached hydrogens (tertiary/aromatic N) is 1. The average Bonchev–Trinajstić information content (AvgIpc) is 2.34. The molecule has 0 bridgehead atoms. The van der Waals surface area contributed by atoms with Gasteiger partial charge in [0.25, 0.3) is 0 Å². The second kappa shape index (κ2) is 6.80. The number of benzene rings is 1. The van der Waals surface area contributed by atoms with Crippen LogP contribution in [0.15, 0.2) is 18.2 Å². The third-order valence-corrected chi connectivity index (χ3v) is 3.16. The van der Waals surface area contributed by atoms with Gasteiger partial charge in [-0.2, -0.15) is 0 Å². The van der Waals surface area contributed by atoms with Gasteiger partial charge in [-0.3, -0.25) is 9.59 Å². The van der Waals surface area contributed by atoms with Crippen molar-refractivity contribution in [3.63, 3.8) is 0 Å². The highest BCUT2D eigenvalue weighted by Crippen LogP contribution is 2.27. The number of carbonyl (C=O) groups is 2. The zero-order valence-electron chi connectivity index (χ0n) is 13.0. The molecule has 0 spiro atoms. The van der Waals surface area contributed by atoms with E-state index in [-0.39, 0.29) is 18.4 Å². The van der Waals surface area contributed by atoms with Crippen molar-refractivity contribution in [2.45, 2.75) is 33.2 Å². The van der Waals surface area contributed by atoms with Crippen molar-refractivity contribution in [3.8, 4) is 5.75 Å². The van der Waals surface area contributed by atoms with Crippen LogP contribution in [0.3, 0.4) is 0 Å². The van der Waals surface area contributed by atoms with Crippen molar-refractivity contribution in [2.24, 2.45) is 0 Å². The van der Waals surface area contributed by atoms with Crippen LogP contribution in [0.4, 0.5) is 5.69 Å². The molecule has 1 N–H and O–H groups in total. The molecule has 2 amide bonds. The van der Waals surface area contributed by atoms with Gasteiger partial charge >= 0.3 is 0 Å². The fraction of sp³-hybridized carbons (Fsp3) is 0.467. The molecule has 21 heavy (non-hydrogen) atoms. The lowest BCUT2D eigenvalue weighted by Gasteiger charge is -2.34. The number of methoxy groups -OCH3 is 1. The van der Waals surface area contributed by atoms with Gasteiger partial charge in [-0.15, -0.1) is 0 Å². The first-order valence-electron chi connectivity index (χ1n) is 6.56. The van der Waals surface area contributed by atoms with Crippen LogP contribution in [0, 0.1) is 0 Å². The second-order valence-electron chi connectivity index (χ2n) is 5.67. The van der Waals surface area contributed by atoms with Gasteiger partial charge in [0.2, 0.25) is 11.8 Å². The van der Waals surface area contributed by atoms with Gasteiger partial charge in [-0.05, 0) is 39.0 Å². The van der Waals surface area contributed by atoms with E-state index >= 15 is 0 Å². The monoisotopic (exact) mass is 312 g/mol. The largest absolute Gasteiger partial charge is 0.495 e. The summed E-state index contributed by atoms with van der Waals surface area (Å²) < 4.78 is 5.17. The molecule has 1 aromatic rings. The van der Waals surface area contributed by atoms with Crippen molar-refractivity contribution in [1.82, 2.24) is 4.90 Å². The Morgan fingerprint density at radius 3 is 2.43 bits per heavy atom. The first-order chi connectivity index (χ1) is 9.65. The second-order valence-corrected chi connectivity index (χ2v) is 6.11. The normalized spacial score (nSPS) is 11.0. The predicted molar refractivity (Wildman–Crippen MR) is 83.8 cm³/mol. The Hall–Kier alpha value is -1.75. The molecule has 0 saturated heterocycles. The number of rotatable bonds is 4. The number of hydrogen-bond donors (Lipinski definition) is 1. The summed E-state index contributed by atoms with van der Waals surface area (Å²) in [5.41, 5.74) is 0.0501. The van der Waals surface area contributed by atoms with Crippen LogP contribution >= 0.6 is 11.6 Å². The molecular formula is C15H21ClN2O3. The van der Waals surface area contributed by atoms with E-state index in [9.17, 15) is 9.59 Å². The molecule has 0 aliphatic rings. The summed E-state index contributed by atoms with van der Waals surface area (Å²) >= 11 is 5.91. The Balaban J connectivity index is 2.86. The van der Waals surface area contributed by atoms with Gasteiger partial charge in [-0.1, -0.05) is 11.6 Å². The van der Waals surface area contributed by atoms with Crippen LogP contribution in [-0.2, 0) is 9.59 Å². The van der Waals surface area contributed by atoms with Gasteiger partial charge in [0, 0.05) is 17.5 Å². The summed E-state index contributed by atoms with van der Waals surface area (Å²) in [5.74, 6) is 0.0503. The molecule has 1 aromatic carbocycles. The Labute approximate surface area is 130 Å². The average molecular weight is 313 g/mol. The van der Waals surface area contributed by atoms with E-state index in [0.717, 1.165) is 0 Å². The van der Waals surface area contributed by atoms with Gasteiger partial charge in [0.05, 0.1) is 12.8 Å². The van der Waals surface area contributed by atoms with Crippen molar-refractivity contribution >= 4 is 29.1 Å². The fourth-order valence-corrected chi connectivity index (χ4v) is 2.10. The van der Waals surface area contributed by atoms with Crippen LogP contribution in [0.2, 0.25) is 5.02 Å². The highest BCUT2D eigenvalue weighted by molar-refractivity contribution is 6.31. The van der Waals surface area contributed by atoms with Gasteiger partial charge in [0.15, 0.2) is 0 Å². The lowest BCUT2D eigenvalue weighted by Crippen LogP contribution is -2.48. The van der Waals surface area contributed by atoms with E-state index in [1.165, 1.54) is 18.9 Å². The molecule has 0 fully saturated rings. The van der Waals surface area contributed by atoms with Gasteiger partial charge in [-0.25, -0.2) is 0 Å². The molecule has 0 saturated carbocycles. The minimum atomic E-state index is -0.429. The van der Waals surface area contributed by atoms with E-state index in [4.69, 9.17) is 16.3 Å². The first-order valence-corrected chi connectivity index (χ1v) is 6.94. The number of halogens is 1. The van der Waals surface area contributed by atoms with Crippen LogP contribution in [0.25, 0.3) is 0 Å². The summed E-state index contributed by atoms with van der Waals surface area (Å²) in [5, 5.41) is 3.21. The first kappa shape index (κ1) is 17.3. The van der Waals surface area contributed by atoms with Crippen LogP contribution in [0.1, 0.15) is 27.7 Å². The SMILES string of the molecule is COc1ccc(Cl)cc1NC(=O)CN(C(C)=O)C(C)(C)C. The lowest BCUT2D eigenvalue weighted by atomic mass is 10.1. The molecule has 6 heteroatoms. The molecule has 0 atom stereocenters. The molecular weight excluding hydrogens is 292 g/mol. The molecule has 116 valence electrons. The predicted octanol–water partition coefficient (Wildman–Crippen LogP) is 2.93. The summed E-state index contributed by atoms with van der Waals surface area (Å²) in [6.07, 6.45) is 0. The molecule has 0 aliphatic heterocycles. The van der Waals surface area contributed by atoms with E-state index < -0.39 is 5.54 Å². The van der Waals surface area contributed by atoms with Crippen molar-refractivity contribution in [3.05, 3.63) is 23.2 Å². The maximum atomic E-state index is 12.1. The molecule has 5 nitrogen and oxygen atoms in total. The highest BCUT2D eigenvalue weighted by Gasteiger charge is 2.26. The quantitative estimate of drug-likeness (QED) is 0.930. The van der Waals surface area contributed by atoms with Crippen molar-refractivity contribution < 1.29 is 14.3 Å². The third kappa shape index (κ3) is 4.93. The van der Waals surface area contributed by atoms with E-state index in [0.29, 0.717) is 16.5 Å². The van der Waals surface area contributed by atoms with Gasteiger partial charge in [0.1, 0.15) is 12.3 Å². The fourth-order valence-electron chi connectivity index (χ4n) is 1.93. The summed E-state index contributed by atoms with van der Waals surface area (Å²) in [7, 11) is 1.51. The molecule has 0 aliphatic carbocycles. The maximum Gasteiger partial charge on any atom is 0.244 e. The zero-order chi connectivity index (χ0) is 16.2. The number of nitrogens with one attached hydrogen (secondary N) is 1. The third-order valence-electron chi connectivity index (χ3n) is 2.93. The number of anilines is 1. The van der Waals surface area contributed by atoms with E-state index in [1.54, 1.807) is 18.2 Å². The summed E-state index contributed by atoms with van der Waals surface area (Å²) in [6, 6.07) is 4.95. The Bertz CT molecular complexity index is 538. The van der Waals surface area contributed by atoms with E-state index in [2.05, 4.69) is 5.32 Å². The van der Waals surface area contributed by atoms with Gasteiger partial charge < -0.3 is 15.0 Å². The van der Waals surface area contributed by atoms with Crippen LogP contribution in [-0.4, -0.2) is 35.9 Å². The molecule has 0 radical (unpaired) electrons. The summed E-state index contributed by atoms with van der Waals surface area (Å²) in [4.78, 5) is 25.3. The van der Waals surface area contributed by atoms with Crippen molar-refractivity contribution in [2.75, 3.05) is 19.0 Å². The van der Waals surface area contributed by atoms with Crippen LogP contribution < -0.4 is 10.1 Å². The lowest BCUT2D eigenvalue weighted by molar-refractivity contribution is -0.137. The maximum absolute atomic E-state index is 12.1. The number of carbonyl (C=O) groups excluding carboxylic acids is 2. The smallest absolute Gasteiger partial charge is 0.244 e. The summed E-state index contributed by atoms with van der Waals surface area (Å²) in [6.45, 7) is 7.04. The standard InChI is InChI=1S/C15H21ClN2O3/c1-10(19)18(15(2,3)4)9-14(20)17-12-8-11(16)6-7-13(12)21-5/h6-8H,9H2,1-5H3,(H,17,20).